The van der Waals surface area contributed by atoms with Crippen LogP contribution in [0.3, 0.4) is 0 Å². The summed E-state index contributed by atoms with van der Waals surface area (Å²) in [6.07, 6.45) is -4.73. The molecule has 0 spiro atoms. The van der Waals surface area contributed by atoms with Gasteiger partial charge in [-0.2, -0.15) is 18.3 Å². The van der Waals surface area contributed by atoms with E-state index in [0.717, 1.165) is 4.68 Å². The quantitative estimate of drug-likeness (QED) is 0.558. The van der Waals surface area contributed by atoms with E-state index in [9.17, 15) is 22.8 Å². The van der Waals surface area contributed by atoms with Crippen molar-refractivity contribution in [2.24, 2.45) is 5.73 Å². The van der Waals surface area contributed by atoms with Crippen LogP contribution in [-0.2, 0) is 17.5 Å². The van der Waals surface area contributed by atoms with Crippen LogP contribution in [0.15, 0.2) is 60.7 Å². The van der Waals surface area contributed by atoms with Crippen LogP contribution in [0, 0.1) is 0 Å². The molecule has 3 aromatic rings. The van der Waals surface area contributed by atoms with Gasteiger partial charge in [-0.15, -0.1) is 0 Å². The zero-order valence-electron chi connectivity index (χ0n) is 16.5. The number of alkyl halides is 3. The van der Waals surface area contributed by atoms with Crippen molar-refractivity contribution >= 4 is 17.5 Å². The van der Waals surface area contributed by atoms with Gasteiger partial charge in [0.1, 0.15) is 5.69 Å². The summed E-state index contributed by atoms with van der Waals surface area (Å²) in [6, 6.07) is 14.7. The highest BCUT2D eigenvalue weighted by Gasteiger charge is 2.36. The summed E-state index contributed by atoms with van der Waals surface area (Å²) in [5.41, 5.74) is 5.30. The number of nitrogens with one attached hydrogen (secondary N) is 2. The molecule has 0 bridgehead atoms. The van der Waals surface area contributed by atoms with Crippen molar-refractivity contribution in [3.8, 4) is 5.69 Å². The highest BCUT2D eigenvalue weighted by Crippen LogP contribution is 2.30. The maximum atomic E-state index is 13.3. The molecule has 0 unspecified atom stereocenters. The maximum Gasteiger partial charge on any atom is 0.435 e. The Kier molecular flexibility index (Phi) is 6.40. The van der Waals surface area contributed by atoms with E-state index in [0.29, 0.717) is 17.3 Å². The van der Waals surface area contributed by atoms with Crippen LogP contribution in [0.25, 0.3) is 5.69 Å². The van der Waals surface area contributed by atoms with Crippen molar-refractivity contribution in [1.82, 2.24) is 15.1 Å². The Morgan fingerprint density at radius 1 is 1.10 bits per heavy atom. The fraction of sp³-hybridized carbons (Fsp3) is 0.190. The van der Waals surface area contributed by atoms with Crippen LogP contribution in [0.2, 0.25) is 0 Å². The number of nitrogens with zero attached hydrogens (tertiary/aromatic N) is 2. The van der Waals surface area contributed by atoms with Crippen molar-refractivity contribution in [3.05, 3.63) is 77.6 Å². The number of halogens is 3. The third-order valence-corrected chi connectivity index (χ3v) is 4.30. The lowest BCUT2D eigenvalue weighted by molar-refractivity contribution is -0.141. The molecular weight excluding hydrogens is 411 g/mol. The fourth-order valence-corrected chi connectivity index (χ4v) is 2.74. The minimum absolute atomic E-state index is 0.118. The number of rotatable bonds is 6. The van der Waals surface area contributed by atoms with Crippen molar-refractivity contribution in [2.45, 2.75) is 25.7 Å². The zero-order valence-corrected chi connectivity index (χ0v) is 16.5. The van der Waals surface area contributed by atoms with Crippen LogP contribution < -0.4 is 16.4 Å². The molecule has 1 heterocycles. The molecule has 1 atom stereocenters. The molecule has 0 fully saturated rings. The zero-order chi connectivity index (χ0) is 22.6. The Labute approximate surface area is 176 Å². The number of nitrogens with two attached hydrogens (primary N) is 1. The Morgan fingerprint density at radius 2 is 1.81 bits per heavy atom. The molecule has 0 saturated heterocycles. The summed E-state index contributed by atoms with van der Waals surface area (Å²) in [7, 11) is 0. The second kappa shape index (κ2) is 9.00. The summed E-state index contributed by atoms with van der Waals surface area (Å²) in [5.74, 6) is -1.11. The molecule has 2 aromatic carbocycles. The smallest absolute Gasteiger partial charge is 0.351 e. The molecule has 162 valence electrons. The van der Waals surface area contributed by atoms with E-state index >= 15 is 0 Å². The number of para-hydroxylation sites is 1. The lowest BCUT2D eigenvalue weighted by atomic mass is 10.2. The fourth-order valence-electron chi connectivity index (χ4n) is 2.74. The third-order valence-electron chi connectivity index (χ3n) is 4.30. The SMILES string of the molecule is C[C@H](N)C(=O)NCc1cccc(-n2nc(C(F)(F)F)cc2C(=O)Nc2ccccc2)c1. The number of carbonyl (C=O) groups is 2. The molecule has 7 nitrogen and oxygen atoms in total. The molecule has 0 aliphatic heterocycles. The van der Waals surface area contributed by atoms with E-state index in [1.54, 1.807) is 42.5 Å². The number of carbonyl (C=O) groups excluding carboxylic acids is 2. The third kappa shape index (κ3) is 5.48. The van der Waals surface area contributed by atoms with Gasteiger partial charge in [-0.25, -0.2) is 4.68 Å². The van der Waals surface area contributed by atoms with Gasteiger partial charge in [-0.05, 0) is 36.8 Å². The first kappa shape index (κ1) is 22.0. The molecule has 2 amide bonds. The molecule has 31 heavy (non-hydrogen) atoms. The number of amides is 2. The number of aromatic nitrogens is 2. The van der Waals surface area contributed by atoms with Crippen LogP contribution in [0.5, 0.6) is 0 Å². The molecule has 0 aliphatic carbocycles. The molecule has 4 N–H and O–H groups in total. The first-order valence-corrected chi connectivity index (χ1v) is 9.31. The van der Waals surface area contributed by atoms with E-state index < -0.39 is 23.8 Å². The largest absolute Gasteiger partial charge is 0.435 e. The summed E-state index contributed by atoms with van der Waals surface area (Å²) >= 11 is 0. The van der Waals surface area contributed by atoms with Gasteiger partial charge in [0.05, 0.1) is 11.7 Å². The molecule has 3 rings (SSSR count). The van der Waals surface area contributed by atoms with Gasteiger partial charge in [0.2, 0.25) is 5.91 Å². The lowest BCUT2D eigenvalue weighted by Gasteiger charge is -2.11. The standard InChI is InChI=1S/C21H20F3N5O2/c1-13(25)19(30)26-12-14-6-5-9-16(10-14)29-17(11-18(28-29)21(22,23)24)20(31)27-15-7-3-2-4-8-15/h2-11,13H,12,25H2,1H3,(H,26,30)(H,27,31)/t13-/m0/s1. The van der Waals surface area contributed by atoms with Gasteiger partial charge in [0.15, 0.2) is 5.69 Å². The molecular formula is C21H20F3N5O2. The minimum atomic E-state index is -4.73. The number of hydrogen-bond acceptors (Lipinski definition) is 4. The van der Waals surface area contributed by atoms with Gasteiger partial charge in [0, 0.05) is 18.3 Å². The second-order valence-corrected chi connectivity index (χ2v) is 6.82. The number of anilines is 1. The van der Waals surface area contributed by atoms with Gasteiger partial charge in [0.25, 0.3) is 5.91 Å². The van der Waals surface area contributed by atoms with Crippen molar-refractivity contribution in [3.63, 3.8) is 0 Å². The summed E-state index contributed by atoms with van der Waals surface area (Å²) < 4.78 is 40.8. The second-order valence-electron chi connectivity index (χ2n) is 6.82. The molecule has 1 aromatic heterocycles. The van der Waals surface area contributed by atoms with E-state index in [-0.39, 0.29) is 23.8 Å². The lowest BCUT2D eigenvalue weighted by Crippen LogP contribution is -2.37. The van der Waals surface area contributed by atoms with Crippen LogP contribution >= 0.6 is 0 Å². The first-order valence-electron chi connectivity index (χ1n) is 9.31. The van der Waals surface area contributed by atoms with E-state index in [1.165, 1.54) is 19.1 Å². The molecule has 10 heteroatoms. The topological polar surface area (TPSA) is 102 Å². The van der Waals surface area contributed by atoms with Crippen molar-refractivity contribution in [2.75, 3.05) is 5.32 Å². The highest BCUT2D eigenvalue weighted by atomic mass is 19.4. The van der Waals surface area contributed by atoms with Crippen LogP contribution in [0.4, 0.5) is 18.9 Å². The van der Waals surface area contributed by atoms with Crippen LogP contribution in [0.1, 0.15) is 28.7 Å². The van der Waals surface area contributed by atoms with E-state index in [4.69, 9.17) is 5.73 Å². The van der Waals surface area contributed by atoms with Crippen molar-refractivity contribution < 1.29 is 22.8 Å². The molecule has 0 radical (unpaired) electrons. The first-order chi connectivity index (χ1) is 14.6. The highest BCUT2D eigenvalue weighted by molar-refractivity contribution is 6.03. The summed E-state index contributed by atoms with van der Waals surface area (Å²) in [4.78, 5) is 24.4. The normalized spacial score (nSPS) is 12.3. The maximum absolute atomic E-state index is 13.3. The molecule has 0 saturated carbocycles. The van der Waals surface area contributed by atoms with E-state index in [1.807, 2.05) is 0 Å². The van der Waals surface area contributed by atoms with Gasteiger partial charge >= 0.3 is 6.18 Å². The predicted molar refractivity (Wildman–Crippen MR) is 108 cm³/mol. The Bertz CT molecular complexity index is 1080. The summed E-state index contributed by atoms with van der Waals surface area (Å²) in [6.45, 7) is 1.65. The number of hydrogen-bond donors (Lipinski definition) is 3. The Hall–Kier alpha value is -3.66. The predicted octanol–water partition coefficient (Wildman–Crippen LogP) is 3.11. The van der Waals surface area contributed by atoms with Gasteiger partial charge in [-0.3, -0.25) is 9.59 Å². The van der Waals surface area contributed by atoms with Crippen molar-refractivity contribution in [1.29, 1.82) is 0 Å². The van der Waals surface area contributed by atoms with Gasteiger partial charge < -0.3 is 16.4 Å². The monoisotopic (exact) mass is 431 g/mol. The summed E-state index contributed by atoms with van der Waals surface area (Å²) in [5, 5.41) is 8.79. The minimum Gasteiger partial charge on any atom is -0.351 e. The average molecular weight is 431 g/mol. The van der Waals surface area contributed by atoms with Gasteiger partial charge in [-0.1, -0.05) is 30.3 Å². The molecule has 0 aliphatic rings. The Morgan fingerprint density at radius 3 is 2.45 bits per heavy atom. The average Bonchev–Trinajstić information content (AvgIpc) is 3.19. The van der Waals surface area contributed by atoms with E-state index in [2.05, 4.69) is 15.7 Å². The number of benzene rings is 2. The van der Waals surface area contributed by atoms with Crippen LogP contribution in [-0.4, -0.2) is 27.6 Å². The Balaban J connectivity index is 1.94.